The van der Waals surface area contributed by atoms with Crippen molar-refractivity contribution in [3.63, 3.8) is 0 Å². The largest absolute Gasteiger partial charge is 0.309 e. The van der Waals surface area contributed by atoms with Crippen LogP contribution in [0.15, 0.2) is 30.3 Å². The lowest BCUT2D eigenvalue weighted by Crippen LogP contribution is -2.21. The van der Waals surface area contributed by atoms with Gasteiger partial charge in [-0.25, -0.2) is 0 Å². The number of nitrogens with zero attached hydrogens (tertiary/aromatic N) is 2. The molecule has 2 rings (SSSR count). The van der Waals surface area contributed by atoms with E-state index in [2.05, 4.69) is 52.2 Å². The second-order valence-corrected chi connectivity index (χ2v) is 5.14. The summed E-state index contributed by atoms with van der Waals surface area (Å²) < 4.78 is 4.03. The van der Waals surface area contributed by atoms with E-state index >= 15 is 0 Å². The minimum absolute atomic E-state index is 0.371. The Kier molecular flexibility index (Phi) is 4.84. The molecule has 0 radical (unpaired) electrons. The molecule has 0 saturated heterocycles. The van der Waals surface area contributed by atoms with Crippen molar-refractivity contribution in [3.8, 4) is 0 Å². The maximum atomic E-state index is 4.10. The molecule has 1 heterocycles. The van der Waals surface area contributed by atoms with Crippen LogP contribution in [0.5, 0.6) is 0 Å². The standard InChI is InChI=1S/C14H19N3S/c1-3-15-13(14-11(2)16-17-18-14)10-9-12-7-5-4-6-8-12/h4-8,13,15H,3,9-10H2,1-2H3. The van der Waals surface area contributed by atoms with E-state index in [0.717, 1.165) is 25.1 Å². The van der Waals surface area contributed by atoms with E-state index in [-0.39, 0.29) is 0 Å². The zero-order chi connectivity index (χ0) is 12.8. The highest BCUT2D eigenvalue weighted by Crippen LogP contribution is 2.24. The Balaban J connectivity index is 2.01. The van der Waals surface area contributed by atoms with Gasteiger partial charge in [-0.1, -0.05) is 41.7 Å². The Morgan fingerprint density at radius 2 is 2.06 bits per heavy atom. The first-order valence-electron chi connectivity index (χ1n) is 6.37. The smallest absolute Gasteiger partial charge is 0.0772 e. The molecule has 3 nitrogen and oxygen atoms in total. The summed E-state index contributed by atoms with van der Waals surface area (Å²) in [4.78, 5) is 1.27. The number of benzene rings is 1. The van der Waals surface area contributed by atoms with E-state index < -0.39 is 0 Å². The van der Waals surface area contributed by atoms with E-state index in [1.807, 2.05) is 6.92 Å². The van der Waals surface area contributed by atoms with Gasteiger partial charge in [0.2, 0.25) is 0 Å². The van der Waals surface area contributed by atoms with E-state index in [0.29, 0.717) is 6.04 Å². The monoisotopic (exact) mass is 261 g/mol. The highest BCUT2D eigenvalue weighted by Gasteiger charge is 2.15. The second kappa shape index (κ2) is 6.61. The van der Waals surface area contributed by atoms with Crippen molar-refractivity contribution in [2.24, 2.45) is 0 Å². The quantitative estimate of drug-likeness (QED) is 0.868. The van der Waals surface area contributed by atoms with Gasteiger partial charge in [0.15, 0.2) is 0 Å². The van der Waals surface area contributed by atoms with Gasteiger partial charge in [0.25, 0.3) is 0 Å². The van der Waals surface area contributed by atoms with Gasteiger partial charge < -0.3 is 5.32 Å². The third kappa shape index (κ3) is 3.37. The number of rotatable bonds is 6. The van der Waals surface area contributed by atoms with Gasteiger partial charge in [0.05, 0.1) is 10.6 Å². The maximum absolute atomic E-state index is 4.10. The molecule has 2 aromatic rings. The summed E-state index contributed by atoms with van der Waals surface area (Å²) in [6, 6.07) is 11.0. The molecule has 1 aromatic carbocycles. The Bertz CT molecular complexity index is 467. The summed E-state index contributed by atoms with van der Waals surface area (Å²) in [5.74, 6) is 0. The number of hydrogen-bond acceptors (Lipinski definition) is 4. The average molecular weight is 261 g/mol. The van der Waals surface area contributed by atoms with Crippen LogP contribution in [0, 0.1) is 6.92 Å². The fraction of sp³-hybridized carbons (Fsp3) is 0.429. The van der Waals surface area contributed by atoms with Crippen molar-refractivity contribution in [2.45, 2.75) is 32.7 Å². The van der Waals surface area contributed by atoms with Crippen molar-refractivity contribution in [3.05, 3.63) is 46.5 Å². The van der Waals surface area contributed by atoms with Crippen LogP contribution in [0.2, 0.25) is 0 Å². The maximum Gasteiger partial charge on any atom is 0.0772 e. The second-order valence-electron chi connectivity index (χ2n) is 4.36. The van der Waals surface area contributed by atoms with Crippen molar-refractivity contribution in [2.75, 3.05) is 6.54 Å². The van der Waals surface area contributed by atoms with Gasteiger partial charge in [-0.05, 0) is 43.4 Å². The first-order chi connectivity index (χ1) is 8.81. The molecule has 0 aliphatic heterocycles. The van der Waals surface area contributed by atoms with Crippen molar-refractivity contribution in [1.82, 2.24) is 14.9 Å². The van der Waals surface area contributed by atoms with Crippen LogP contribution in [0.3, 0.4) is 0 Å². The molecule has 1 unspecified atom stereocenters. The van der Waals surface area contributed by atoms with Crippen molar-refractivity contribution < 1.29 is 0 Å². The Hall–Kier alpha value is -1.26. The topological polar surface area (TPSA) is 37.8 Å². The number of hydrogen-bond donors (Lipinski definition) is 1. The van der Waals surface area contributed by atoms with E-state index in [1.54, 1.807) is 0 Å². The minimum atomic E-state index is 0.371. The van der Waals surface area contributed by atoms with Gasteiger partial charge in [-0.3, -0.25) is 0 Å². The zero-order valence-corrected chi connectivity index (χ0v) is 11.7. The van der Waals surface area contributed by atoms with E-state index in [1.165, 1.54) is 22.0 Å². The Labute approximate surface area is 112 Å². The highest BCUT2D eigenvalue weighted by molar-refractivity contribution is 7.05. The van der Waals surface area contributed by atoms with Gasteiger partial charge >= 0.3 is 0 Å². The van der Waals surface area contributed by atoms with Gasteiger partial charge in [0.1, 0.15) is 0 Å². The number of aromatic nitrogens is 2. The van der Waals surface area contributed by atoms with Gasteiger partial charge in [-0.15, -0.1) is 5.10 Å². The molecule has 0 fully saturated rings. The molecule has 0 aliphatic carbocycles. The van der Waals surface area contributed by atoms with E-state index in [4.69, 9.17) is 0 Å². The summed E-state index contributed by atoms with van der Waals surface area (Å²) in [5, 5.41) is 7.63. The molecule has 4 heteroatoms. The van der Waals surface area contributed by atoms with Crippen LogP contribution in [-0.2, 0) is 6.42 Å². The first-order valence-corrected chi connectivity index (χ1v) is 7.14. The van der Waals surface area contributed by atoms with Crippen molar-refractivity contribution >= 4 is 11.5 Å². The van der Waals surface area contributed by atoms with Crippen LogP contribution in [-0.4, -0.2) is 16.1 Å². The van der Waals surface area contributed by atoms with Gasteiger partial charge in [-0.2, -0.15) is 0 Å². The SMILES string of the molecule is CCNC(CCc1ccccc1)c1snnc1C. The average Bonchev–Trinajstić information content (AvgIpc) is 2.82. The normalized spacial score (nSPS) is 12.6. The number of nitrogens with one attached hydrogen (secondary N) is 1. The number of aryl methyl sites for hydroxylation is 2. The minimum Gasteiger partial charge on any atom is -0.309 e. The van der Waals surface area contributed by atoms with Crippen LogP contribution >= 0.6 is 11.5 Å². The lowest BCUT2D eigenvalue weighted by atomic mass is 10.0. The predicted octanol–water partition coefficient (Wildman–Crippen LogP) is 3.13. The summed E-state index contributed by atoms with van der Waals surface area (Å²) in [6.07, 6.45) is 2.17. The first kappa shape index (κ1) is 13.2. The molecule has 18 heavy (non-hydrogen) atoms. The molecule has 1 atom stereocenters. The fourth-order valence-corrected chi connectivity index (χ4v) is 2.84. The zero-order valence-electron chi connectivity index (χ0n) is 10.9. The Morgan fingerprint density at radius 1 is 1.28 bits per heavy atom. The molecule has 96 valence electrons. The lowest BCUT2D eigenvalue weighted by molar-refractivity contribution is 0.520. The van der Waals surface area contributed by atoms with Gasteiger partial charge in [0, 0.05) is 6.04 Å². The van der Waals surface area contributed by atoms with Crippen LogP contribution < -0.4 is 5.32 Å². The van der Waals surface area contributed by atoms with Crippen LogP contribution in [0.25, 0.3) is 0 Å². The molecule has 0 amide bonds. The third-order valence-electron chi connectivity index (χ3n) is 3.02. The molecule has 0 saturated carbocycles. The molecule has 0 bridgehead atoms. The molecule has 0 spiro atoms. The third-order valence-corrected chi connectivity index (χ3v) is 3.96. The Morgan fingerprint density at radius 3 is 2.67 bits per heavy atom. The van der Waals surface area contributed by atoms with Crippen molar-refractivity contribution in [1.29, 1.82) is 0 Å². The summed E-state index contributed by atoms with van der Waals surface area (Å²) in [5.41, 5.74) is 2.44. The summed E-state index contributed by atoms with van der Waals surface area (Å²) >= 11 is 1.51. The van der Waals surface area contributed by atoms with E-state index in [9.17, 15) is 0 Å². The predicted molar refractivity (Wildman–Crippen MR) is 75.8 cm³/mol. The summed E-state index contributed by atoms with van der Waals surface area (Å²) in [7, 11) is 0. The van der Waals surface area contributed by atoms with Crippen LogP contribution in [0.1, 0.15) is 35.5 Å². The molecule has 1 N–H and O–H groups in total. The highest BCUT2D eigenvalue weighted by atomic mass is 32.1. The molecule has 0 aliphatic rings. The molecular weight excluding hydrogens is 242 g/mol. The molecule has 1 aromatic heterocycles. The molecular formula is C14H19N3S. The summed E-state index contributed by atoms with van der Waals surface area (Å²) in [6.45, 7) is 5.14. The fourth-order valence-electron chi connectivity index (χ4n) is 2.08. The lowest BCUT2D eigenvalue weighted by Gasteiger charge is -2.16. The van der Waals surface area contributed by atoms with Crippen LogP contribution in [0.4, 0.5) is 0 Å².